The van der Waals surface area contributed by atoms with Crippen LogP contribution in [0.25, 0.3) is 0 Å². The minimum absolute atomic E-state index is 0.148. The van der Waals surface area contributed by atoms with Crippen LogP contribution in [0, 0.1) is 0 Å². The maximum absolute atomic E-state index is 9.99. The van der Waals surface area contributed by atoms with E-state index < -0.39 is 5.97 Å². The minimum atomic E-state index is -0.936. The Bertz CT molecular complexity index is 145. The van der Waals surface area contributed by atoms with E-state index in [9.17, 15) is 4.79 Å². The number of thioether (sulfide) groups is 1. The first-order valence-electron chi connectivity index (χ1n) is 3.32. The Kier molecular flexibility index (Phi) is 5.97. The quantitative estimate of drug-likeness (QED) is 0.616. The number of rotatable bonds is 5. The molecule has 0 rings (SSSR count). The highest BCUT2D eigenvalue weighted by molar-refractivity contribution is 8.02. The van der Waals surface area contributed by atoms with Crippen molar-refractivity contribution >= 4 is 17.7 Å². The maximum atomic E-state index is 9.99. The van der Waals surface area contributed by atoms with Crippen molar-refractivity contribution in [3.8, 4) is 0 Å². The van der Waals surface area contributed by atoms with Crippen LogP contribution in [0.15, 0.2) is 11.5 Å². The van der Waals surface area contributed by atoms with Gasteiger partial charge in [0.15, 0.2) is 0 Å². The molecule has 0 aliphatic heterocycles. The molecule has 0 spiro atoms. The highest BCUT2D eigenvalue weighted by Crippen LogP contribution is 2.14. The molecule has 0 amide bonds. The van der Waals surface area contributed by atoms with Gasteiger partial charge in [-0.3, -0.25) is 0 Å². The summed E-state index contributed by atoms with van der Waals surface area (Å²) in [5, 5.41) is 18.5. The molecule has 0 fully saturated rings. The van der Waals surface area contributed by atoms with Crippen LogP contribution in [0.3, 0.4) is 0 Å². The van der Waals surface area contributed by atoms with E-state index >= 15 is 0 Å². The maximum Gasteiger partial charge on any atom is 0.328 e. The summed E-state index contributed by atoms with van der Waals surface area (Å²) < 4.78 is 0. The summed E-state index contributed by atoms with van der Waals surface area (Å²) in [6.07, 6.45) is 1.78. The normalized spacial score (nSPS) is 13.6. The molecule has 0 aromatic rings. The number of carboxylic acid groups (broad SMARTS) is 1. The Morgan fingerprint density at radius 2 is 2.36 bits per heavy atom. The van der Waals surface area contributed by atoms with Gasteiger partial charge in [0.05, 0.1) is 0 Å². The van der Waals surface area contributed by atoms with Gasteiger partial charge in [-0.1, -0.05) is 6.92 Å². The lowest BCUT2D eigenvalue weighted by Gasteiger charge is -2.03. The summed E-state index contributed by atoms with van der Waals surface area (Å²) in [7, 11) is 0. The van der Waals surface area contributed by atoms with Crippen molar-refractivity contribution in [2.75, 3.05) is 6.61 Å². The van der Waals surface area contributed by atoms with Crippen molar-refractivity contribution in [1.29, 1.82) is 0 Å². The van der Waals surface area contributed by atoms with E-state index in [1.807, 2.05) is 6.92 Å². The first-order chi connectivity index (χ1) is 5.16. The van der Waals surface area contributed by atoms with E-state index in [2.05, 4.69) is 0 Å². The Balaban J connectivity index is 3.44. The molecule has 0 aromatic heterocycles. The topological polar surface area (TPSA) is 57.5 Å². The van der Waals surface area contributed by atoms with Crippen LogP contribution in [0.5, 0.6) is 0 Å². The monoisotopic (exact) mass is 176 g/mol. The van der Waals surface area contributed by atoms with Gasteiger partial charge < -0.3 is 10.2 Å². The summed E-state index contributed by atoms with van der Waals surface area (Å²) in [6.45, 7) is 2.09. The molecule has 0 bridgehead atoms. The molecule has 0 aromatic carbocycles. The second-order valence-corrected chi connectivity index (χ2v) is 3.45. The summed E-state index contributed by atoms with van der Waals surface area (Å²) in [6, 6.07) is 0. The van der Waals surface area contributed by atoms with E-state index in [-0.39, 0.29) is 11.9 Å². The van der Waals surface area contributed by atoms with Gasteiger partial charge in [-0.2, -0.15) is 0 Å². The lowest BCUT2D eigenvalue weighted by Crippen LogP contribution is -1.97. The molecule has 2 N–H and O–H groups in total. The van der Waals surface area contributed by atoms with E-state index in [1.54, 1.807) is 0 Å². The SMILES string of the molecule is CC(CCO)SC=CC(=O)O. The summed E-state index contributed by atoms with van der Waals surface area (Å²) in [4.78, 5) is 9.99. The first-order valence-corrected chi connectivity index (χ1v) is 4.27. The van der Waals surface area contributed by atoms with Crippen LogP contribution < -0.4 is 0 Å². The van der Waals surface area contributed by atoms with Crippen molar-refractivity contribution in [1.82, 2.24) is 0 Å². The van der Waals surface area contributed by atoms with Crippen LogP contribution in [0.1, 0.15) is 13.3 Å². The number of hydrogen-bond donors (Lipinski definition) is 2. The van der Waals surface area contributed by atoms with E-state index in [0.29, 0.717) is 6.42 Å². The number of carbonyl (C=O) groups is 1. The van der Waals surface area contributed by atoms with Crippen molar-refractivity contribution in [2.24, 2.45) is 0 Å². The molecule has 0 aliphatic carbocycles. The van der Waals surface area contributed by atoms with Crippen LogP contribution in [-0.2, 0) is 4.79 Å². The predicted octanol–water partition coefficient (Wildman–Crippen LogP) is 1.09. The fraction of sp³-hybridized carbons (Fsp3) is 0.571. The summed E-state index contributed by atoms with van der Waals surface area (Å²) in [5.41, 5.74) is 0. The standard InChI is InChI=1S/C7H12O3S/c1-6(2-4-8)11-5-3-7(9)10/h3,5-6,8H,2,4H2,1H3,(H,9,10). The Hall–Kier alpha value is -0.480. The molecule has 0 saturated heterocycles. The fourth-order valence-electron chi connectivity index (χ4n) is 0.481. The Morgan fingerprint density at radius 1 is 1.73 bits per heavy atom. The average Bonchev–Trinajstić information content (AvgIpc) is 1.87. The Labute approximate surface area is 70.1 Å². The summed E-state index contributed by atoms with van der Waals surface area (Å²) >= 11 is 1.41. The van der Waals surface area contributed by atoms with Gasteiger partial charge in [-0.25, -0.2) is 4.79 Å². The number of carboxylic acids is 1. The zero-order valence-corrected chi connectivity index (χ0v) is 7.17. The number of aliphatic hydroxyl groups excluding tert-OH is 1. The lowest BCUT2D eigenvalue weighted by atomic mass is 10.3. The molecular formula is C7H12O3S. The molecule has 0 aliphatic rings. The molecule has 1 unspecified atom stereocenters. The third kappa shape index (κ3) is 7.42. The number of aliphatic carboxylic acids is 1. The number of hydrogen-bond acceptors (Lipinski definition) is 3. The summed E-state index contributed by atoms with van der Waals surface area (Å²) in [5.74, 6) is -0.936. The zero-order valence-electron chi connectivity index (χ0n) is 6.36. The van der Waals surface area contributed by atoms with Crippen molar-refractivity contribution in [3.63, 3.8) is 0 Å². The molecule has 11 heavy (non-hydrogen) atoms. The van der Waals surface area contributed by atoms with E-state index in [1.165, 1.54) is 17.2 Å². The van der Waals surface area contributed by atoms with Crippen molar-refractivity contribution in [3.05, 3.63) is 11.5 Å². The van der Waals surface area contributed by atoms with E-state index in [4.69, 9.17) is 10.2 Å². The minimum Gasteiger partial charge on any atom is -0.478 e. The highest BCUT2D eigenvalue weighted by Gasteiger charge is 1.97. The molecule has 1 atom stereocenters. The third-order valence-electron chi connectivity index (χ3n) is 1.06. The van der Waals surface area contributed by atoms with Crippen molar-refractivity contribution in [2.45, 2.75) is 18.6 Å². The van der Waals surface area contributed by atoms with Gasteiger partial charge >= 0.3 is 5.97 Å². The lowest BCUT2D eigenvalue weighted by molar-refractivity contribution is -0.131. The zero-order chi connectivity index (χ0) is 8.69. The van der Waals surface area contributed by atoms with Gasteiger partial charge in [0.1, 0.15) is 0 Å². The second kappa shape index (κ2) is 6.24. The first kappa shape index (κ1) is 10.5. The van der Waals surface area contributed by atoms with Gasteiger partial charge in [-0.15, -0.1) is 11.8 Å². The van der Waals surface area contributed by atoms with Gasteiger partial charge in [-0.05, 0) is 11.8 Å². The van der Waals surface area contributed by atoms with E-state index in [0.717, 1.165) is 6.08 Å². The van der Waals surface area contributed by atoms with Gasteiger partial charge in [0.2, 0.25) is 0 Å². The van der Waals surface area contributed by atoms with Crippen molar-refractivity contribution < 1.29 is 15.0 Å². The highest BCUT2D eigenvalue weighted by atomic mass is 32.2. The molecule has 3 nitrogen and oxygen atoms in total. The van der Waals surface area contributed by atoms with Crippen LogP contribution >= 0.6 is 11.8 Å². The molecule has 0 radical (unpaired) electrons. The van der Waals surface area contributed by atoms with Gasteiger partial charge in [0, 0.05) is 17.9 Å². The largest absolute Gasteiger partial charge is 0.478 e. The molecule has 4 heteroatoms. The predicted molar refractivity (Wildman–Crippen MR) is 45.5 cm³/mol. The molecular weight excluding hydrogens is 164 g/mol. The molecule has 0 heterocycles. The number of aliphatic hydroxyl groups is 1. The molecule has 0 saturated carbocycles. The smallest absolute Gasteiger partial charge is 0.328 e. The third-order valence-corrected chi connectivity index (χ3v) is 2.05. The molecule has 64 valence electrons. The van der Waals surface area contributed by atoms with Crippen LogP contribution in [-0.4, -0.2) is 28.0 Å². The Morgan fingerprint density at radius 3 is 2.82 bits per heavy atom. The second-order valence-electron chi connectivity index (χ2n) is 2.10. The average molecular weight is 176 g/mol. The van der Waals surface area contributed by atoms with Crippen LogP contribution in [0.4, 0.5) is 0 Å². The fourth-order valence-corrected chi connectivity index (χ4v) is 1.19. The van der Waals surface area contributed by atoms with Gasteiger partial charge in [0.25, 0.3) is 0 Å². The van der Waals surface area contributed by atoms with Crippen LogP contribution in [0.2, 0.25) is 0 Å².